The van der Waals surface area contributed by atoms with Gasteiger partial charge >= 0.3 is 0 Å². The number of hydrogen-bond donors (Lipinski definition) is 2. The molecule has 0 aliphatic carbocycles. The Balaban J connectivity index is 1.85. The molecule has 3 rings (SSSR count). The molecule has 24 heavy (non-hydrogen) atoms. The topological polar surface area (TPSA) is 68.3 Å². The van der Waals surface area contributed by atoms with Crippen molar-refractivity contribution in [2.75, 3.05) is 11.1 Å². The molecule has 122 valence electrons. The second kappa shape index (κ2) is 6.77. The van der Waals surface area contributed by atoms with Crippen molar-refractivity contribution in [1.29, 1.82) is 0 Å². The van der Waals surface area contributed by atoms with Gasteiger partial charge in [-0.3, -0.25) is 4.79 Å². The molecule has 1 amide bonds. The molecule has 0 aliphatic heterocycles. The third-order valence-corrected chi connectivity index (χ3v) is 4.14. The minimum absolute atomic E-state index is 0.119. The summed E-state index contributed by atoms with van der Waals surface area (Å²) in [7, 11) is 0. The smallest absolute Gasteiger partial charge is 0.291 e. The molecule has 7 heteroatoms. The zero-order valence-electron chi connectivity index (χ0n) is 12.1. The number of carbonyl (C=O) groups is 1. The molecule has 4 nitrogen and oxygen atoms in total. The molecule has 2 aromatic carbocycles. The fraction of sp³-hybridized carbons (Fsp3) is 0. The number of amides is 1. The van der Waals surface area contributed by atoms with E-state index in [1.165, 1.54) is 0 Å². The molecule has 0 aliphatic rings. The Bertz CT molecular complexity index is 922. The number of nitrogens with two attached hydrogens (primary N) is 1. The molecular formula is C17H11Cl3N2O2. The Hall–Kier alpha value is -2.14. The van der Waals surface area contributed by atoms with Gasteiger partial charge in [0.05, 0.1) is 15.7 Å². The van der Waals surface area contributed by atoms with Crippen molar-refractivity contribution in [3.63, 3.8) is 0 Å². The monoisotopic (exact) mass is 380 g/mol. The Labute approximate surface area is 153 Å². The zero-order valence-corrected chi connectivity index (χ0v) is 14.4. The van der Waals surface area contributed by atoms with E-state index in [9.17, 15) is 4.79 Å². The van der Waals surface area contributed by atoms with Gasteiger partial charge in [0, 0.05) is 16.3 Å². The average molecular weight is 382 g/mol. The molecule has 0 atom stereocenters. The van der Waals surface area contributed by atoms with E-state index in [1.54, 1.807) is 48.5 Å². The number of furan rings is 1. The molecule has 0 fully saturated rings. The van der Waals surface area contributed by atoms with Crippen LogP contribution in [0.4, 0.5) is 11.4 Å². The fourth-order valence-electron chi connectivity index (χ4n) is 2.11. The van der Waals surface area contributed by atoms with E-state index in [4.69, 9.17) is 45.0 Å². The van der Waals surface area contributed by atoms with Crippen LogP contribution in [0, 0.1) is 0 Å². The molecule has 1 aromatic heterocycles. The Kier molecular flexibility index (Phi) is 4.71. The van der Waals surface area contributed by atoms with Gasteiger partial charge < -0.3 is 15.5 Å². The highest BCUT2D eigenvalue weighted by atomic mass is 35.5. The number of nitrogens with one attached hydrogen (secondary N) is 1. The number of nitrogen functional groups attached to an aromatic ring is 1. The standard InChI is InChI=1S/C17H11Cl3N2O2/c18-9-1-3-12(19)11(7-9)15-5-6-16(24-15)17(23)22-14-4-2-10(21)8-13(14)20/h1-8H,21H2,(H,22,23). The van der Waals surface area contributed by atoms with Crippen LogP contribution in [0.1, 0.15) is 10.6 Å². The maximum absolute atomic E-state index is 12.3. The van der Waals surface area contributed by atoms with Crippen molar-refractivity contribution < 1.29 is 9.21 Å². The summed E-state index contributed by atoms with van der Waals surface area (Å²) in [5.41, 5.74) is 7.18. The van der Waals surface area contributed by atoms with Gasteiger partial charge in [-0.25, -0.2) is 0 Å². The second-order valence-electron chi connectivity index (χ2n) is 4.98. The van der Waals surface area contributed by atoms with E-state index in [2.05, 4.69) is 5.32 Å². The normalized spacial score (nSPS) is 10.6. The van der Waals surface area contributed by atoms with Crippen molar-refractivity contribution in [2.45, 2.75) is 0 Å². The summed E-state index contributed by atoms with van der Waals surface area (Å²) in [4.78, 5) is 12.3. The first-order valence-corrected chi connectivity index (χ1v) is 7.99. The molecule has 3 aromatic rings. The molecular weight excluding hydrogens is 371 g/mol. The summed E-state index contributed by atoms with van der Waals surface area (Å²) >= 11 is 18.1. The van der Waals surface area contributed by atoms with Crippen molar-refractivity contribution in [3.8, 4) is 11.3 Å². The number of rotatable bonds is 3. The first-order chi connectivity index (χ1) is 11.4. The predicted molar refractivity (Wildman–Crippen MR) is 98.0 cm³/mol. The summed E-state index contributed by atoms with van der Waals surface area (Å²) in [6, 6.07) is 13.0. The lowest BCUT2D eigenvalue weighted by Gasteiger charge is -2.06. The van der Waals surface area contributed by atoms with Crippen molar-refractivity contribution in [1.82, 2.24) is 0 Å². The van der Waals surface area contributed by atoms with Crippen molar-refractivity contribution in [2.24, 2.45) is 0 Å². The van der Waals surface area contributed by atoms with Gasteiger partial charge in [0.1, 0.15) is 5.76 Å². The van der Waals surface area contributed by atoms with Gasteiger partial charge in [0.25, 0.3) is 5.91 Å². The Morgan fingerprint density at radius 1 is 0.958 bits per heavy atom. The summed E-state index contributed by atoms with van der Waals surface area (Å²) in [5.74, 6) is 0.121. The van der Waals surface area contributed by atoms with Gasteiger partial charge in [0.2, 0.25) is 0 Å². The molecule has 0 spiro atoms. The minimum Gasteiger partial charge on any atom is -0.451 e. The molecule has 1 heterocycles. The summed E-state index contributed by atoms with van der Waals surface area (Å²) in [5, 5.41) is 4.00. The highest BCUT2D eigenvalue weighted by Gasteiger charge is 2.15. The number of halogens is 3. The third kappa shape index (κ3) is 3.51. The largest absolute Gasteiger partial charge is 0.451 e. The quantitative estimate of drug-likeness (QED) is 0.568. The van der Waals surface area contributed by atoms with Gasteiger partial charge in [-0.1, -0.05) is 34.8 Å². The molecule has 0 bridgehead atoms. The number of carbonyl (C=O) groups excluding carboxylic acids is 1. The van der Waals surface area contributed by atoms with E-state index in [0.717, 1.165) is 0 Å². The molecule has 3 N–H and O–H groups in total. The van der Waals surface area contributed by atoms with Crippen LogP contribution in [0.15, 0.2) is 52.9 Å². The highest BCUT2D eigenvalue weighted by molar-refractivity contribution is 6.35. The Morgan fingerprint density at radius 3 is 2.50 bits per heavy atom. The highest BCUT2D eigenvalue weighted by Crippen LogP contribution is 2.32. The fourth-order valence-corrected chi connectivity index (χ4v) is 2.73. The van der Waals surface area contributed by atoms with Crippen LogP contribution in [0.5, 0.6) is 0 Å². The number of anilines is 2. The van der Waals surface area contributed by atoms with E-state index in [-0.39, 0.29) is 5.76 Å². The van der Waals surface area contributed by atoms with Crippen LogP contribution in [0.3, 0.4) is 0 Å². The lowest BCUT2D eigenvalue weighted by molar-refractivity contribution is 0.0997. The molecule has 0 radical (unpaired) electrons. The minimum atomic E-state index is -0.439. The van der Waals surface area contributed by atoms with Gasteiger partial charge in [-0.05, 0) is 48.5 Å². The average Bonchev–Trinajstić information content (AvgIpc) is 3.02. The summed E-state index contributed by atoms with van der Waals surface area (Å²) < 4.78 is 5.58. The van der Waals surface area contributed by atoms with Crippen LogP contribution in [-0.2, 0) is 0 Å². The first kappa shape index (κ1) is 16.7. The molecule has 0 saturated heterocycles. The van der Waals surface area contributed by atoms with Crippen LogP contribution in [0.25, 0.3) is 11.3 Å². The molecule has 0 saturated carbocycles. The maximum atomic E-state index is 12.3. The number of benzene rings is 2. The van der Waals surface area contributed by atoms with Gasteiger partial charge in [-0.2, -0.15) is 0 Å². The second-order valence-corrected chi connectivity index (χ2v) is 6.23. The van der Waals surface area contributed by atoms with Crippen LogP contribution in [-0.4, -0.2) is 5.91 Å². The zero-order chi connectivity index (χ0) is 17.3. The lowest BCUT2D eigenvalue weighted by Crippen LogP contribution is -2.11. The van der Waals surface area contributed by atoms with Gasteiger partial charge in [0.15, 0.2) is 5.76 Å². The van der Waals surface area contributed by atoms with Crippen LogP contribution < -0.4 is 11.1 Å². The SMILES string of the molecule is Nc1ccc(NC(=O)c2ccc(-c3cc(Cl)ccc3Cl)o2)c(Cl)c1. The number of hydrogen-bond acceptors (Lipinski definition) is 3. The molecule has 0 unspecified atom stereocenters. The van der Waals surface area contributed by atoms with Crippen LogP contribution >= 0.6 is 34.8 Å². The van der Waals surface area contributed by atoms with E-state index in [0.29, 0.717) is 37.8 Å². The summed E-state index contributed by atoms with van der Waals surface area (Å²) in [6.07, 6.45) is 0. The predicted octanol–water partition coefficient (Wildman–Crippen LogP) is 5.74. The summed E-state index contributed by atoms with van der Waals surface area (Å²) in [6.45, 7) is 0. The van der Waals surface area contributed by atoms with E-state index < -0.39 is 5.91 Å². The van der Waals surface area contributed by atoms with Crippen LogP contribution in [0.2, 0.25) is 15.1 Å². The van der Waals surface area contributed by atoms with Crippen molar-refractivity contribution >= 4 is 52.1 Å². The maximum Gasteiger partial charge on any atom is 0.291 e. The van der Waals surface area contributed by atoms with Crippen molar-refractivity contribution in [3.05, 3.63) is 69.4 Å². The van der Waals surface area contributed by atoms with E-state index >= 15 is 0 Å². The third-order valence-electron chi connectivity index (χ3n) is 3.26. The lowest BCUT2D eigenvalue weighted by atomic mass is 10.2. The van der Waals surface area contributed by atoms with E-state index in [1.807, 2.05) is 0 Å². The van der Waals surface area contributed by atoms with Gasteiger partial charge in [-0.15, -0.1) is 0 Å². The first-order valence-electron chi connectivity index (χ1n) is 6.85. The Morgan fingerprint density at radius 2 is 1.75 bits per heavy atom.